The normalized spacial score (nSPS) is 26.3. The van der Waals surface area contributed by atoms with E-state index in [9.17, 15) is 22.8 Å². The van der Waals surface area contributed by atoms with Crippen LogP contribution in [0.25, 0.3) is 10.2 Å². The number of carbonyl (C=O) groups excluding carboxylic acids is 2. The molecule has 0 saturated heterocycles. The van der Waals surface area contributed by atoms with E-state index >= 15 is 0 Å². The molecule has 2 N–H and O–H groups in total. The van der Waals surface area contributed by atoms with Gasteiger partial charge in [-0.3, -0.25) is 14.3 Å². The minimum absolute atomic E-state index is 0.0413. The summed E-state index contributed by atoms with van der Waals surface area (Å²) < 4.78 is 41.3. The van der Waals surface area contributed by atoms with Gasteiger partial charge >= 0.3 is 6.36 Å². The Morgan fingerprint density at radius 1 is 1.10 bits per heavy atom. The van der Waals surface area contributed by atoms with E-state index in [0.29, 0.717) is 41.2 Å². The Labute approximate surface area is 185 Å². The predicted octanol–water partition coefficient (Wildman–Crippen LogP) is 4.42. The number of nitrogens with one attached hydrogen (secondary N) is 2. The number of alkyl halides is 3. The van der Waals surface area contributed by atoms with E-state index in [2.05, 4.69) is 20.4 Å². The molecule has 0 atom stereocenters. The van der Waals surface area contributed by atoms with Crippen LogP contribution in [-0.4, -0.2) is 41.3 Å². The molecule has 1 heterocycles. The number of hydrogen-bond donors (Lipinski definition) is 2. The summed E-state index contributed by atoms with van der Waals surface area (Å²) in [7, 11) is 0. The largest absolute Gasteiger partial charge is 0.522 e. The molecule has 168 valence electrons. The molecule has 1 aromatic heterocycles. The van der Waals surface area contributed by atoms with Gasteiger partial charge in [-0.15, -0.1) is 24.5 Å². The lowest BCUT2D eigenvalue weighted by Gasteiger charge is -2.37. The molecule has 2 aliphatic rings. The van der Waals surface area contributed by atoms with Gasteiger partial charge in [0, 0.05) is 23.0 Å². The van der Waals surface area contributed by atoms with Crippen LogP contribution in [0.1, 0.15) is 48.3 Å². The fourth-order valence-electron chi connectivity index (χ4n) is 4.03. The highest BCUT2D eigenvalue weighted by atomic mass is 35.5. The maximum atomic E-state index is 12.5. The zero-order chi connectivity index (χ0) is 22.2. The van der Waals surface area contributed by atoms with Gasteiger partial charge in [0.05, 0.1) is 16.3 Å². The lowest BCUT2D eigenvalue weighted by Crippen LogP contribution is -2.51. The van der Waals surface area contributed by atoms with Crippen molar-refractivity contribution in [3.63, 3.8) is 0 Å². The van der Waals surface area contributed by atoms with E-state index in [1.54, 1.807) is 12.1 Å². The Kier molecular flexibility index (Phi) is 6.41. The fourth-order valence-corrected chi connectivity index (χ4v) is 5.05. The van der Waals surface area contributed by atoms with Gasteiger partial charge in [-0.2, -0.15) is 0 Å². The molecule has 0 unspecified atom stereocenters. The van der Waals surface area contributed by atoms with Crippen molar-refractivity contribution in [2.24, 2.45) is 5.92 Å². The number of ether oxygens (including phenoxy) is 1. The summed E-state index contributed by atoms with van der Waals surface area (Å²) in [5.41, 5.74) is 0.682. The van der Waals surface area contributed by atoms with Crippen LogP contribution in [0.4, 0.5) is 13.2 Å². The molecule has 2 saturated carbocycles. The first kappa shape index (κ1) is 22.3. The van der Waals surface area contributed by atoms with Crippen LogP contribution in [0.15, 0.2) is 18.2 Å². The number of thiazole rings is 1. The number of benzene rings is 1. The highest BCUT2D eigenvalue weighted by Gasteiger charge is 2.41. The second-order valence-electron chi connectivity index (χ2n) is 8.02. The van der Waals surface area contributed by atoms with Gasteiger partial charge in [-0.25, -0.2) is 4.98 Å². The Balaban J connectivity index is 1.20. The number of fused-ring (bicyclic) bond motifs is 1. The molecule has 11 heteroatoms. The van der Waals surface area contributed by atoms with Crippen molar-refractivity contribution in [2.75, 3.05) is 0 Å². The summed E-state index contributed by atoms with van der Waals surface area (Å²) >= 11 is 7.26. The van der Waals surface area contributed by atoms with Gasteiger partial charge in [0.25, 0.3) is 5.91 Å². The number of rotatable bonds is 5. The Hall–Kier alpha value is -1.91. The number of carbonyl (C=O) groups is 2. The van der Waals surface area contributed by atoms with Crippen LogP contribution >= 0.6 is 22.9 Å². The maximum absolute atomic E-state index is 12.5. The smallest absolute Gasteiger partial charge is 0.353 e. The molecule has 2 aromatic rings. The zero-order valence-electron chi connectivity index (χ0n) is 16.4. The maximum Gasteiger partial charge on any atom is 0.522 e. The molecule has 1 aromatic carbocycles. The van der Waals surface area contributed by atoms with Crippen molar-refractivity contribution in [1.82, 2.24) is 15.6 Å². The average molecular weight is 476 g/mol. The Morgan fingerprint density at radius 3 is 2.48 bits per heavy atom. The van der Waals surface area contributed by atoms with Crippen LogP contribution in [0.3, 0.4) is 0 Å². The minimum Gasteiger partial charge on any atom is -0.353 e. The molecule has 4 rings (SSSR count). The summed E-state index contributed by atoms with van der Waals surface area (Å²) in [4.78, 5) is 29.3. The van der Waals surface area contributed by atoms with Crippen molar-refractivity contribution in [3.05, 3.63) is 28.2 Å². The summed E-state index contributed by atoms with van der Waals surface area (Å²) in [6.45, 7) is 0. The van der Waals surface area contributed by atoms with Gasteiger partial charge < -0.3 is 10.6 Å². The van der Waals surface area contributed by atoms with Gasteiger partial charge in [0.15, 0.2) is 5.01 Å². The number of aromatic nitrogens is 1. The molecule has 0 aliphatic heterocycles. The molecule has 2 amide bonds. The quantitative estimate of drug-likeness (QED) is 0.670. The molecule has 0 bridgehead atoms. The van der Waals surface area contributed by atoms with E-state index in [0.717, 1.165) is 4.70 Å². The van der Waals surface area contributed by atoms with E-state index in [1.165, 1.54) is 11.3 Å². The van der Waals surface area contributed by atoms with Crippen molar-refractivity contribution in [2.45, 2.75) is 63.1 Å². The topological polar surface area (TPSA) is 80.3 Å². The SMILES string of the molecule is O=C(NC1CCC(C(=O)NC2CC(OC(F)(F)F)C2)CC1)c1nc2cc(Cl)ccc2s1. The van der Waals surface area contributed by atoms with Crippen LogP contribution in [0.5, 0.6) is 0 Å². The first-order valence-electron chi connectivity index (χ1n) is 10.1. The summed E-state index contributed by atoms with van der Waals surface area (Å²) in [6, 6.07) is 4.98. The van der Waals surface area contributed by atoms with Crippen molar-refractivity contribution in [3.8, 4) is 0 Å². The van der Waals surface area contributed by atoms with E-state index in [-0.39, 0.29) is 42.7 Å². The number of amides is 2. The second kappa shape index (κ2) is 8.91. The summed E-state index contributed by atoms with van der Waals surface area (Å²) in [5.74, 6) is -0.570. The Morgan fingerprint density at radius 2 is 1.81 bits per heavy atom. The average Bonchev–Trinajstić information content (AvgIpc) is 3.09. The van der Waals surface area contributed by atoms with Crippen LogP contribution < -0.4 is 10.6 Å². The van der Waals surface area contributed by atoms with E-state index < -0.39 is 12.5 Å². The molecule has 2 fully saturated rings. The van der Waals surface area contributed by atoms with Crippen molar-refractivity contribution in [1.29, 1.82) is 0 Å². The molecule has 6 nitrogen and oxygen atoms in total. The summed E-state index contributed by atoms with van der Waals surface area (Å²) in [5, 5.41) is 6.73. The zero-order valence-corrected chi connectivity index (χ0v) is 17.9. The van der Waals surface area contributed by atoms with Crippen LogP contribution in [0, 0.1) is 5.92 Å². The van der Waals surface area contributed by atoms with E-state index in [1.807, 2.05) is 6.07 Å². The number of nitrogens with zero attached hydrogens (tertiary/aromatic N) is 1. The third-order valence-electron chi connectivity index (χ3n) is 5.72. The summed E-state index contributed by atoms with van der Waals surface area (Å²) in [6.07, 6.45) is -2.64. The fraction of sp³-hybridized carbons (Fsp3) is 0.550. The standard InChI is InChI=1S/C20H21ClF3N3O3S/c21-11-3-6-16-15(7-11)27-19(31-16)18(29)25-12-4-1-10(2-5-12)17(28)26-13-8-14(9-13)30-20(22,23)24/h3,6-7,10,12-14H,1-2,4-5,8-9H2,(H,25,29)(H,26,28). The highest BCUT2D eigenvalue weighted by Crippen LogP contribution is 2.32. The third-order valence-corrected chi connectivity index (χ3v) is 6.99. The number of halogens is 4. The van der Waals surface area contributed by atoms with Gasteiger partial charge in [-0.05, 0) is 56.7 Å². The van der Waals surface area contributed by atoms with Gasteiger partial charge in [-0.1, -0.05) is 11.6 Å². The van der Waals surface area contributed by atoms with Gasteiger partial charge in [0.2, 0.25) is 5.91 Å². The lowest BCUT2D eigenvalue weighted by molar-refractivity contribution is -0.351. The molecule has 31 heavy (non-hydrogen) atoms. The third kappa shape index (κ3) is 5.67. The van der Waals surface area contributed by atoms with Crippen LogP contribution in [-0.2, 0) is 9.53 Å². The Bertz CT molecular complexity index is 969. The molecular formula is C20H21ClF3N3O3S. The monoisotopic (exact) mass is 475 g/mol. The molecule has 0 radical (unpaired) electrons. The molecule has 2 aliphatic carbocycles. The van der Waals surface area contributed by atoms with E-state index in [4.69, 9.17) is 11.6 Å². The first-order valence-corrected chi connectivity index (χ1v) is 11.3. The lowest BCUT2D eigenvalue weighted by atomic mass is 9.84. The molecular weight excluding hydrogens is 455 g/mol. The predicted molar refractivity (Wildman–Crippen MR) is 110 cm³/mol. The van der Waals surface area contributed by atoms with Crippen molar-refractivity contribution >= 4 is 45.0 Å². The minimum atomic E-state index is -4.64. The van der Waals surface area contributed by atoms with Gasteiger partial charge in [0.1, 0.15) is 0 Å². The second-order valence-corrected chi connectivity index (χ2v) is 9.48. The van der Waals surface area contributed by atoms with Crippen LogP contribution in [0.2, 0.25) is 5.02 Å². The first-order chi connectivity index (χ1) is 14.7. The number of hydrogen-bond acceptors (Lipinski definition) is 5. The highest BCUT2D eigenvalue weighted by molar-refractivity contribution is 7.20. The van der Waals surface area contributed by atoms with Crippen molar-refractivity contribution < 1.29 is 27.5 Å². The molecule has 0 spiro atoms.